The first-order chi connectivity index (χ1) is 9.29. The number of aromatic nitrogens is 2. The van der Waals surface area contributed by atoms with Gasteiger partial charge in [-0.3, -0.25) is 9.71 Å². The molecule has 10 heteroatoms. The Labute approximate surface area is 123 Å². The molecule has 0 amide bonds. The smallest absolute Gasteiger partial charge is 0.337 e. The van der Waals surface area contributed by atoms with Crippen LogP contribution in [0.4, 0.5) is 5.69 Å². The number of pyridine rings is 1. The minimum absolute atomic E-state index is 0.0248. The standard InChI is InChI=1S/C10H8ClN3O4S2/c1-5-9(19-10(11)13-5)20(17,18)14-7-2-6(8(15)16)3-12-4-7/h2-4,14H,1H3,(H,15,16). The van der Waals surface area contributed by atoms with Gasteiger partial charge in [-0.15, -0.1) is 0 Å². The molecule has 2 heterocycles. The van der Waals surface area contributed by atoms with Crippen molar-refractivity contribution in [3.05, 3.63) is 34.2 Å². The number of halogens is 1. The summed E-state index contributed by atoms with van der Waals surface area (Å²) in [5.41, 5.74) is 0.202. The van der Waals surface area contributed by atoms with Gasteiger partial charge in [0.25, 0.3) is 10.0 Å². The number of thiazole rings is 1. The summed E-state index contributed by atoms with van der Waals surface area (Å²) >= 11 is 6.48. The molecular weight excluding hydrogens is 326 g/mol. The van der Waals surface area contributed by atoms with E-state index < -0.39 is 16.0 Å². The molecule has 2 rings (SSSR count). The highest BCUT2D eigenvalue weighted by atomic mass is 35.5. The third kappa shape index (κ3) is 3.06. The summed E-state index contributed by atoms with van der Waals surface area (Å²) < 4.78 is 26.6. The lowest BCUT2D eigenvalue weighted by molar-refractivity contribution is 0.0696. The third-order valence-electron chi connectivity index (χ3n) is 2.21. The molecule has 0 radical (unpaired) electrons. The van der Waals surface area contributed by atoms with Gasteiger partial charge in [-0.25, -0.2) is 18.2 Å². The molecule has 0 saturated heterocycles. The van der Waals surface area contributed by atoms with Gasteiger partial charge in [0, 0.05) is 6.20 Å². The van der Waals surface area contributed by atoms with Gasteiger partial charge in [-0.1, -0.05) is 22.9 Å². The number of carboxylic acids is 1. The van der Waals surface area contributed by atoms with Crippen molar-refractivity contribution in [1.29, 1.82) is 0 Å². The molecule has 0 fully saturated rings. The van der Waals surface area contributed by atoms with Crippen LogP contribution in [0.5, 0.6) is 0 Å². The number of carboxylic acid groups (broad SMARTS) is 1. The summed E-state index contributed by atoms with van der Waals surface area (Å²) in [6.07, 6.45) is 2.33. The van der Waals surface area contributed by atoms with Crippen molar-refractivity contribution < 1.29 is 18.3 Å². The molecule has 0 saturated carbocycles. The van der Waals surface area contributed by atoms with Crippen molar-refractivity contribution >= 4 is 44.6 Å². The summed E-state index contributed by atoms with van der Waals surface area (Å²) in [6.45, 7) is 1.52. The van der Waals surface area contributed by atoms with Crippen molar-refractivity contribution in [2.24, 2.45) is 0 Å². The minimum atomic E-state index is -3.88. The van der Waals surface area contributed by atoms with E-state index >= 15 is 0 Å². The molecule has 0 atom stereocenters. The number of hydrogen-bond donors (Lipinski definition) is 2. The molecule has 0 aliphatic carbocycles. The van der Waals surface area contributed by atoms with E-state index in [2.05, 4.69) is 14.7 Å². The molecule has 0 aromatic carbocycles. The highest BCUT2D eigenvalue weighted by Crippen LogP contribution is 2.28. The lowest BCUT2D eigenvalue weighted by atomic mass is 10.3. The first kappa shape index (κ1) is 14.7. The lowest BCUT2D eigenvalue weighted by Gasteiger charge is -2.06. The highest BCUT2D eigenvalue weighted by Gasteiger charge is 2.22. The first-order valence-electron chi connectivity index (χ1n) is 5.13. The molecule has 7 nitrogen and oxygen atoms in total. The Morgan fingerprint density at radius 3 is 2.70 bits per heavy atom. The predicted molar refractivity (Wildman–Crippen MR) is 73.9 cm³/mol. The Kier molecular flexibility index (Phi) is 3.93. The zero-order chi connectivity index (χ0) is 14.9. The third-order valence-corrected chi connectivity index (χ3v) is 5.46. The van der Waals surface area contributed by atoms with Crippen LogP contribution in [0.3, 0.4) is 0 Å². The Morgan fingerprint density at radius 2 is 2.15 bits per heavy atom. The Hall–Kier alpha value is -1.71. The Morgan fingerprint density at radius 1 is 1.45 bits per heavy atom. The molecule has 0 aliphatic rings. The van der Waals surface area contributed by atoms with Crippen molar-refractivity contribution in [2.45, 2.75) is 11.1 Å². The number of aromatic carboxylic acids is 1. The van der Waals surface area contributed by atoms with Crippen LogP contribution in [0.1, 0.15) is 16.1 Å². The predicted octanol–water partition coefficient (Wildman–Crippen LogP) is 2.00. The summed E-state index contributed by atoms with van der Waals surface area (Å²) in [5, 5.41) is 8.83. The SMILES string of the molecule is Cc1nc(Cl)sc1S(=O)(=O)Nc1cncc(C(=O)O)c1. The van der Waals surface area contributed by atoms with Gasteiger partial charge >= 0.3 is 5.97 Å². The van der Waals surface area contributed by atoms with Crippen molar-refractivity contribution in [2.75, 3.05) is 4.72 Å². The zero-order valence-corrected chi connectivity index (χ0v) is 12.4. The van der Waals surface area contributed by atoms with E-state index in [-0.39, 0.29) is 25.6 Å². The Balaban J connectivity index is 2.36. The average molecular weight is 334 g/mol. The largest absolute Gasteiger partial charge is 0.478 e. The number of anilines is 1. The molecule has 0 spiro atoms. The number of nitrogens with zero attached hydrogens (tertiary/aromatic N) is 2. The molecule has 0 bridgehead atoms. The van der Waals surface area contributed by atoms with Crippen LogP contribution in [0.2, 0.25) is 4.47 Å². The average Bonchev–Trinajstić information content (AvgIpc) is 2.69. The van der Waals surface area contributed by atoms with Crippen LogP contribution in [0, 0.1) is 6.92 Å². The van der Waals surface area contributed by atoms with Crippen molar-refractivity contribution in [3.8, 4) is 0 Å². The van der Waals surface area contributed by atoms with E-state index in [1.165, 1.54) is 19.2 Å². The van der Waals surface area contributed by atoms with Gasteiger partial charge in [-0.2, -0.15) is 0 Å². The number of sulfonamides is 1. The van der Waals surface area contributed by atoms with E-state index in [0.29, 0.717) is 0 Å². The van der Waals surface area contributed by atoms with Gasteiger partial charge in [0.05, 0.1) is 23.1 Å². The molecule has 0 unspecified atom stereocenters. The second-order valence-corrected chi connectivity index (χ2v) is 7.17. The number of aryl methyl sites for hydroxylation is 1. The molecule has 2 aromatic rings. The van der Waals surface area contributed by atoms with Gasteiger partial charge in [0.1, 0.15) is 0 Å². The van der Waals surface area contributed by atoms with Crippen molar-refractivity contribution in [3.63, 3.8) is 0 Å². The molecule has 106 valence electrons. The van der Waals surface area contributed by atoms with Crippen LogP contribution < -0.4 is 4.72 Å². The van der Waals surface area contributed by atoms with Gasteiger partial charge in [0.2, 0.25) is 0 Å². The van der Waals surface area contributed by atoms with Crippen LogP contribution in [0.25, 0.3) is 0 Å². The summed E-state index contributed by atoms with van der Waals surface area (Å²) in [4.78, 5) is 18.3. The monoisotopic (exact) mass is 333 g/mol. The van der Waals surface area contributed by atoms with Gasteiger partial charge in [-0.05, 0) is 13.0 Å². The second kappa shape index (κ2) is 5.35. The summed E-state index contributed by atoms with van der Waals surface area (Å²) in [7, 11) is -3.88. The van der Waals surface area contributed by atoms with Crippen LogP contribution in [0.15, 0.2) is 22.7 Å². The van der Waals surface area contributed by atoms with E-state index in [1.807, 2.05) is 0 Å². The van der Waals surface area contributed by atoms with E-state index in [9.17, 15) is 13.2 Å². The number of hydrogen-bond acceptors (Lipinski definition) is 6. The fourth-order valence-electron chi connectivity index (χ4n) is 1.41. The molecule has 0 aliphatic heterocycles. The summed E-state index contributed by atoms with van der Waals surface area (Å²) in [6, 6.07) is 1.17. The van der Waals surface area contributed by atoms with E-state index in [1.54, 1.807) is 0 Å². The van der Waals surface area contributed by atoms with Gasteiger partial charge in [0.15, 0.2) is 8.68 Å². The highest BCUT2D eigenvalue weighted by molar-refractivity contribution is 7.94. The second-order valence-electron chi connectivity index (χ2n) is 3.71. The van der Waals surface area contributed by atoms with Crippen LogP contribution in [-0.2, 0) is 10.0 Å². The number of carbonyl (C=O) groups is 1. The molecule has 2 aromatic heterocycles. The van der Waals surface area contributed by atoms with Crippen molar-refractivity contribution in [1.82, 2.24) is 9.97 Å². The fourth-order valence-corrected chi connectivity index (χ4v) is 4.19. The minimum Gasteiger partial charge on any atom is -0.478 e. The zero-order valence-electron chi connectivity index (χ0n) is 9.99. The maximum atomic E-state index is 12.1. The quantitative estimate of drug-likeness (QED) is 0.885. The molecule has 2 N–H and O–H groups in total. The normalized spacial score (nSPS) is 11.3. The topological polar surface area (TPSA) is 109 Å². The number of rotatable bonds is 4. The van der Waals surface area contributed by atoms with Gasteiger partial charge < -0.3 is 5.11 Å². The Bertz CT molecular complexity index is 773. The molecule has 20 heavy (non-hydrogen) atoms. The number of nitrogens with one attached hydrogen (secondary N) is 1. The maximum absolute atomic E-state index is 12.1. The molecular formula is C10H8ClN3O4S2. The summed E-state index contributed by atoms with van der Waals surface area (Å²) in [5.74, 6) is -1.20. The van der Waals surface area contributed by atoms with E-state index in [0.717, 1.165) is 17.5 Å². The lowest BCUT2D eigenvalue weighted by Crippen LogP contribution is -2.13. The fraction of sp³-hybridized carbons (Fsp3) is 0.100. The first-order valence-corrected chi connectivity index (χ1v) is 7.81. The van der Waals surface area contributed by atoms with Crippen LogP contribution >= 0.6 is 22.9 Å². The van der Waals surface area contributed by atoms with Crippen LogP contribution in [-0.4, -0.2) is 29.5 Å². The van der Waals surface area contributed by atoms with E-state index in [4.69, 9.17) is 16.7 Å². The maximum Gasteiger partial charge on any atom is 0.337 e.